The third-order valence-electron chi connectivity index (χ3n) is 3.61. The molecule has 16 heavy (non-hydrogen) atoms. The van der Waals surface area contributed by atoms with Crippen molar-refractivity contribution in [3.63, 3.8) is 0 Å². The van der Waals surface area contributed by atoms with Crippen molar-refractivity contribution in [3.05, 3.63) is 0 Å². The molecule has 2 fully saturated rings. The summed E-state index contributed by atoms with van der Waals surface area (Å²) >= 11 is 0. The normalized spacial score (nSPS) is 32.4. The molecule has 0 spiro atoms. The zero-order valence-corrected chi connectivity index (χ0v) is 9.64. The maximum atomic E-state index is 9.40. The van der Waals surface area contributed by atoms with Crippen LogP contribution in [0.3, 0.4) is 0 Å². The van der Waals surface area contributed by atoms with Gasteiger partial charge in [-0.05, 0) is 38.5 Å². The van der Waals surface area contributed by atoms with Crippen molar-refractivity contribution < 1.29 is 9.84 Å². The van der Waals surface area contributed by atoms with Gasteiger partial charge in [-0.25, -0.2) is 0 Å². The molecule has 0 aromatic heterocycles. The second kappa shape index (κ2) is 5.51. The summed E-state index contributed by atoms with van der Waals surface area (Å²) < 4.78 is 6.03. The number of ether oxygens (including phenoxy) is 1. The Hall–Kier alpha value is -0.790. The lowest BCUT2D eigenvalue weighted by Gasteiger charge is -2.33. The van der Waals surface area contributed by atoms with Crippen molar-refractivity contribution >= 4 is 0 Å². The van der Waals surface area contributed by atoms with Gasteiger partial charge >= 0.3 is 0 Å². The molecule has 1 heterocycles. The Labute approximate surface area is 96.8 Å². The Morgan fingerprint density at radius 1 is 1.00 bits per heavy atom. The van der Waals surface area contributed by atoms with Crippen LogP contribution in [0.1, 0.15) is 38.5 Å². The van der Waals surface area contributed by atoms with Gasteiger partial charge < -0.3 is 14.7 Å². The van der Waals surface area contributed by atoms with E-state index in [0.717, 1.165) is 51.6 Å². The molecule has 2 aliphatic rings. The quantitative estimate of drug-likeness (QED) is 0.717. The number of rotatable bonds is 2. The van der Waals surface area contributed by atoms with Crippen molar-refractivity contribution in [2.45, 2.75) is 56.8 Å². The fraction of sp³-hybridized carbons (Fsp3) is 0.917. The zero-order chi connectivity index (χ0) is 11.4. The van der Waals surface area contributed by atoms with E-state index < -0.39 is 0 Å². The van der Waals surface area contributed by atoms with Gasteiger partial charge in [0, 0.05) is 13.1 Å². The van der Waals surface area contributed by atoms with Gasteiger partial charge in [0.05, 0.1) is 18.3 Å². The van der Waals surface area contributed by atoms with E-state index in [9.17, 15) is 5.11 Å². The molecule has 0 atom stereocenters. The number of aliphatic hydroxyl groups excluding tert-OH is 1. The molecule has 1 saturated carbocycles. The third kappa shape index (κ3) is 3.10. The molecular formula is C12H20N2O2. The summed E-state index contributed by atoms with van der Waals surface area (Å²) in [7, 11) is 0. The van der Waals surface area contributed by atoms with E-state index in [1.165, 1.54) is 0 Å². The molecule has 0 radical (unpaired) electrons. The Bertz CT molecular complexity index is 248. The average Bonchev–Trinajstić information content (AvgIpc) is 2.33. The van der Waals surface area contributed by atoms with Crippen LogP contribution in [0.4, 0.5) is 0 Å². The molecule has 1 aliphatic carbocycles. The minimum atomic E-state index is -0.111. The summed E-state index contributed by atoms with van der Waals surface area (Å²) in [4.78, 5) is 1.80. The Kier molecular flexibility index (Phi) is 4.03. The van der Waals surface area contributed by atoms with Gasteiger partial charge in [-0.1, -0.05) is 0 Å². The van der Waals surface area contributed by atoms with Crippen molar-refractivity contribution in [2.24, 2.45) is 0 Å². The van der Waals surface area contributed by atoms with Crippen LogP contribution in [-0.2, 0) is 4.74 Å². The van der Waals surface area contributed by atoms with E-state index in [1.807, 2.05) is 0 Å². The van der Waals surface area contributed by atoms with E-state index >= 15 is 0 Å². The van der Waals surface area contributed by atoms with Crippen LogP contribution in [-0.4, -0.2) is 41.4 Å². The van der Waals surface area contributed by atoms with E-state index in [1.54, 1.807) is 4.90 Å². The number of nitrogens with zero attached hydrogens (tertiary/aromatic N) is 2. The highest BCUT2D eigenvalue weighted by Crippen LogP contribution is 2.24. The summed E-state index contributed by atoms with van der Waals surface area (Å²) in [5.74, 6) is 0. The van der Waals surface area contributed by atoms with Crippen molar-refractivity contribution in [1.82, 2.24) is 4.90 Å². The summed E-state index contributed by atoms with van der Waals surface area (Å²) in [6, 6.07) is 0. The summed E-state index contributed by atoms with van der Waals surface area (Å²) in [6.07, 6.45) is 8.38. The van der Waals surface area contributed by atoms with Gasteiger partial charge in [-0.15, -0.1) is 0 Å². The van der Waals surface area contributed by atoms with Crippen LogP contribution >= 0.6 is 0 Å². The molecule has 1 aliphatic heterocycles. The average molecular weight is 224 g/mol. The molecule has 2 rings (SSSR count). The molecule has 0 unspecified atom stereocenters. The maximum absolute atomic E-state index is 9.40. The van der Waals surface area contributed by atoms with Crippen molar-refractivity contribution in [2.75, 3.05) is 13.1 Å². The van der Waals surface area contributed by atoms with E-state index in [2.05, 4.69) is 6.19 Å². The molecule has 90 valence electrons. The molecule has 0 bridgehead atoms. The van der Waals surface area contributed by atoms with Gasteiger partial charge in [0.25, 0.3) is 0 Å². The Morgan fingerprint density at radius 3 is 2.12 bits per heavy atom. The van der Waals surface area contributed by atoms with Gasteiger partial charge in [0.2, 0.25) is 0 Å². The predicted octanol–water partition coefficient (Wildman–Crippen LogP) is 1.25. The number of aliphatic hydroxyl groups is 1. The lowest BCUT2D eigenvalue weighted by atomic mass is 9.94. The second-order valence-electron chi connectivity index (χ2n) is 4.85. The first-order chi connectivity index (χ1) is 7.78. The lowest BCUT2D eigenvalue weighted by molar-refractivity contribution is -0.0646. The first-order valence-corrected chi connectivity index (χ1v) is 6.26. The van der Waals surface area contributed by atoms with E-state index in [4.69, 9.17) is 10.00 Å². The largest absolute Gasteiger partial charge is 0.393 e. The number of hydrogen-bond donors (Lipinski definition) is 1. The van der Waals surface area contributed by atoms with Crippen molar-refractivity contribution in [3.8, 4) is 6.19 Å². The monoisotopic (exact) mass is 224 g/mol. The summed E-state index contributed by atoms with van der Waals surface area (Å²) in [5, 5.41) is 18.1. The van der Waals surface area contributed by atoms with Crippen LogP contribution in [0.25, 0.3) is 0 Å². The Balaban J connectivity index is 1.69. The van der Waals surface area contributed by atoms with Gasteiger partial charge in [-0.3, -0.25) is 0 Å². The maximum Gasteiger partial charge on any atom is 0.179 e. The van der Waals surface area contributed by atoms with Gasteiger partial charge in [0.15, 0.2) is 6.19 Å². The third-order valence-corrected chi connectivity index (χ3v) is 3.61. The molecule has 0 amide bonds. The highest BCUT2D eigenvalue weighted by molar-refractivity contribution is 4.82. The van der Waals surface area contributed by atoms with Crippen LogP contribution in [0.5, 0.6) is 0 Å². The van der Waals surface area contributed by atoms with E-state index in [0.29, 0.717) is 12.2 Å². The molecule has 0 aromatic rings. The van der Waals surface area contributed by atoms with E-state index in [-0.39, 0.29) is 6.10 Å². The number of piperidine rings is 1. The lowest BCUT2D eigenvalue weighted by Crippen LogP contribution is -2.37. The van der Waals surface area contributed by atoms with Crippen LogP contribution < -0.4 is 0 Å². The first kappa shape index (κ1) is 11.7. The van der Waals surface area contributed by atoms with Crippen LogP contribution in [0, 0.1) is 11.5 Å². The standard InChI is InChI=1S/C12H20N2O2/c13-9-14-7-5-12(6-8-14)16-11-3-1-10(15)2-4-11/h10-12,15H,1-8H2/t10-,11-. The highest BCUT2D eigenvalue weighted by Gasteiger charge is 2.25. The number of nitriles is 1. The smallest absolute Gasteiger partial charge is 0.179 e. The number of hydrogen-bond acceptors (Lipinski definition) is 4. The fourth-order valence-electron chi connectivity index (χ4n) is 2.55. The molecule has 1 saturated heterocycles. The van der Waals surface area contributed by atoms with Crippen molar-refractivity contribution in [1.29, 1.82) is 5.26 Å². The topological polar surface area (TPSA) is 56.5 Å². The predicted molar refractivity (Wildman–Crippen MR) is 59.6 cm³/mol. The first-order valence-electron chi connectivity index (χ1n) is 6.26. The minimum absolute atomic E-state index is 0.111. The van der Waals surface area contributed by atoms with Crippen LogP contribution in [0.15, 0.2) is 0 Å². The molecule has 4 nitrogen and oxygen atoms in total. The molecule has 4 heteroatoms. The summed E-state index contributed by atoms with van der Waals surface area (Å²) in [5.41, 5.74) is 0. The van der Waals surface area contributed by atoms with Crippen LogP contribution in [0.2, 0.25) is 0 Å². The molecular weight excluding hydrogens is 204 g/mol. The molecule has 0 aromatic carbocycles. The minimum Gasteiger partial charge on any atom is -0.393 e. The van der Waals surface area contributed by atoms with Gasteiger partial charge in [0.1, 0.15) is 0 Å². The zero-order valence-electron chi connectivity index (χ0n) is 9.64. The highest BCUT2D eigenvalue weighted by atomic mass is 16.5. The Morgan fingerprint density at radius 2 is 1.56 bits per heavy atom. The SMILES string of the molecule is N#CN1CCC(O[C@H]2CC[C@H](O)CC2)CC1. The molecule has 1 N–H and O–H groups in total. The number of likely N-dealkylation sites (tertiary alicyclic amines) is 1. The second-order valence-corrected chi connectivity index (χ2v) is 4.85. The van der Waals surface area contributed by atoms with Gasteiger partial charge in [-0.2, -0.15) is 5.26 Å². The fourth-order valence-corrected chi connectivity index (χ4v) is 2.55. The summed E-state index contributed by atoms with van der Waals surface area (Å²) in [6.45, 7) is 1.66.